The van der Waals surface area contributed by atoms with Crippen LogP contribution in [-0.4, -0.2) is 80.7 Å². The number of aromatic nitrogens is 4. The summed E-state index contributed by atoms with van der Waals surface area (Å²) < 4.78 is 20.5. The topological polar surface area (TPSA) is 209 Å². The number of phenols is 2. The maximum Gasteiger partial charge on any atom is 0.335 e. The van der Waals surface area contributed by atoms with Crippen molar-refractivity contribution < 1.29 is 49.0 Å². The second kappa shape index (κ2) is 12.7. The van der Waals surface area contributed by atoms with Crippen LogP contribution < -0.4 is 18.9 Å². The van der Waals surface area contributed by atoms with Gasteiger partial charge in [0.25, 0.3) is 0 Å². The fraction of sp³-hybridized carbons (Fsp3) is 0.125. The zero-order valence-electron chi connectivity index (χ0n) is 24.9. The molecule has 0 saturated heterocycles. The molecule has 0 bridgehead atoms. The predicted octanol–water partition coefficient (Wildman–Crippen LogP) is 5.30. The number of benzene rings is 4. The number of nitrogens with one attached hydrogen (secondary N) is 2. The molecule has 0 aliphatic rings. The number of aromatic carboxylic acids is 2. The van der Waals surface area contributed by atoms with Crippen molar-refractivity contribution >= 4 is 34.0 Å². The standard InChI is InChI=1S/2C16H14N2O5/c2*1-22-12-6-9(7-13(23-2)14(12)19)15-17-10-4-3-8(16(20)21)5-11(10)18-15/h2*3-7,19H,1-2H3,(H,17,18)(H,20,21). The van der Waals surface area contributed by atoms with Crippen molar-refractivity contribution in [2.75, 3.05) is 28.4 Å². The molecule has 236 valence electrons. The van der Waals surface area contributed by atoms with E-state index in [1.807, 2.05) is 0 Å². The summed E-state index contributed by atoms with van der Waals surface area (Å²) in [6, 6.07) is 15.8. The van der Waals surface area contributed by atoms with Crippen LogP contribution in [0, 0.1) is 0 Å². The second-order valence-electron chi connectivity index (χ2n) is 9.70. The number of imidazole rings is 2. The Labute approximate surface area is 260 Å². The molecule has 0 spiro atoms. The van der Waals surface area contributed by atoms with Crippen molar-refractivity contribution in [2.24, 2.45) is 0 Å². The van der Waals surface area contributed by atoms with Gasteiger partial charge in [0.2, 0.25) is 11.5 Å². The van der Waals surface area contributed by atoms with Gasteiger partial charge in [0, 0.05) is 11.1 Å². The highest BCUT2D eigenvalue weighted by Crippen LogP contribution is 2.41. The van der Waals surface area contributed by atoms with Gasteiger partial charge in [-0.3, -0.25) is 0 Å². The monoisotopic (exact) mass is 628 g/mol. The molecule has 14 heteroatoms. The highest BCUT2D eigenvalue weighted by Gasteiger charge is 2.17. The lowest BCUT2D eigenvalue weighted by molar-refractivity contribution is 0.0686. The first kappa shape index (κ1) is 31.0. The molecule has 6 rings (SSSR count). The molecule has 0 amide bonds. The molecule has 0 unspecified atom stereocenters. The second-order valence-corrected chi connectivity index (χ2v) is 9.70. The SMILES string of the molecule is COc1cc(-c2nc3ccc(C(=O)O)cc3[nH]2)cc(OC)c1O.COc1cc(-c2nc3ccc(C(=O)O)cc3[nH]2)cc(OC)c1O. The summed E-state index contributed by atoms with van der Waals surface area (Å²) in [5, 5.41) is 38.0. The van der Waals surface area contributed by atoms with Gasteiger partial charge < -0.3 is 49.3 Å². The van der Waals surface area contributed by atoms with Gasteiger partial charge in [-0.2, -0.15) is 0 Å². The molecule has 6 aromatic rings. The molecular weight excluding hydrogens is 600 g/mol. The molecule has 0 aliphatic carbocycles. The van der Waals surface area contributed by atoms with E-state index < -0.39 is 11.9 Å². The Balaban J connectivity index is 0.000000181. The summed E-state index contributed by atoms with van der Waals surface area (Å²) in [6.07, 6.45) is 0. The Kier molecular flexibility index (Phi) is 8.53. The van der Waals surface area contributed by atoms with Crippen molar-refractivity contribution in [3.63, 3.8) is 0 Å². The van der Waals surface area contributed by atoms with Gasteiger partial charge in [0.1, 0.15) is 11.6 Å². The lowest BCUT2D eigenvalue weighted by Gasteiger charge is -2.09. The lowest BCUT2D eigenvalue weighted by atomic mass is 10.1. The highest BCUT2D eigenvalue weighted by molar-refractivity contribution is 5.94. The third kappa shape index (κ3) is 5.99. The van der Waals surface area contributed by atoms with Crippen LogP contribution in [0.25, 0.3) is 44.8 Å². The van der Waals surface area contributed by atoms with Crippen LogP contribution in [0.3, 0.4) is 0 Å². The Morgan fingerprint density at radius 2 is 0.891 bits per heavy atom. The van der Waals surface area contributed by atoms with E-state index in [0.29, 0.717) is 44.8 Å². The number of ether oxygens (including phenoxy) is 4. The van der Waals surface area contributed by atoms with Gasteiger partial charge in [-0.05, 0) is 60.7 Å². The van der Waals surface area contributed by atoms with Gasteiger partial charge >= 0.3 is 11.9 Å². The van der Waals surface area contributed by atoms with Gasteiger partial charge in [0.05, 0.1) is 61.6 Å². The van der Waals surface area contributed by atoms with E-state index in [2.05, 4.69) is 19.9 Å². The van der Waals surface area contributed by atoms with Crippen molar-refractivity contribution in [3.8, 4) is 57.3 Å². The van der Waals surface area contributed by atoms with Crippen LogP contribution in [0.4, 0.5) is 0 Å². The molecule has 0 radical (unpaired) electrons. The van der Waals surface area contributed by atoms with E-state index >= 15 is 0 Å². The normalized spacial score (nSPS) is 10.7. The smallest absolute Gasteiger partial charge is 0.335 e. The maximum atomic E-state index is 11.0. The number of aromatic hydroxyl groups is 2. The number of methoxy groups -OCH3 is 4. The van der Waals surface area contributed by atoms with Gasteiger partial charge in [-0.15, -0.1) is 0 Å². The summed E-state index contributed by atoms with van der Waals surface area (Å²) in [7, 11) is 5.76. The molecule has 4 aromatic carbocycles. The summed E-state index contributed by atoms with van der Waals surface area (Å²) in [6.45, 7) is 0. The van der Waals surface area contributed by atoms with Crippen molar-refractivity contribution in [3.05, 3.63) is 71.8 Å². The average Bonchev–Trinajstić information content (AvgIpc) is 3.69. The van der Waals surface area contributed by atoms with Crippen LogP contribution >= 0.6 is 0 Å². The summed E-state index contributed by atoms with van der Waals surface area (Å²) >= 11 is 0. The summed E-state index contributed by atoms with van der Waals surface area (Å²) in [5.41, 5.74) is 4.11. The zero-order valence-corrected chi connectivity index (χ0v) is 24.9. The molecule has 0 saturated carbocycles. The number of fused-ring (bicyclic) bond motifs is 2. The predicted molar refractivity (Wildman–Crippen MR) is 167 cm³/mol. The number of carboxylic acids is 2. The number of nitrogens with zero attached hydrogens (tertiary/aromatic N) is 2. The first-order valence-electron chi connectivity index (χ1n) is 13.4. The van der Waals surface area contributed by atoms with Crippen molar-refractivity contribution in [1.82, 2.24) is 19.9 Å². The molecule has 2 aromatic heterocycles. The molecular formula is C32H28N4O10. The Hall–Kier alpha value is -6.44. The molecule has 6 N–H and O–H groups in total. The van der Waals surface area contributed by atoms with E-state index in [-0.39, 0.29) is 45.6 Å². The number of hydrogen-bond donors (Lipinski definition) is 6. The Morgan fingerprint density at radius 1 is 0.565 bits per heavy atom. The fourth-order valence-corrected chi connectivity index (χ4v) is 4.62. The van der Waals surface area contributed by atoms with Crippen LogP contribution in [0.1, 0.15) is 20.7 Å². The van der Waals surface area contributed by atoms with Crippen LogP contribution in [0.5, 0.6) is 34.5 Å². The number of hydrogen-bond acceptors (Lipinski definition) is 10. The van der Waals surface area contributed by atoms with Gasteiger partial charge in [-0.25, -0.2) is 19.6 Å². The van der Waals surface area contributed by atoms with Gasteiger partial charge in [0.15, 0.2) is 23.0 Å². The third-order valence-corrected chi connectivity index (χ3v) is 6.96. The number of carbonyl (C=O) groups is 2. The molecule has 46 heavy (non-hydrogen) atoms. The fourth-order valence-electron chi connectivity index (χ4n) is 4.62. The summed E-state index contributed by atoms with van der Waals surface area (Å²) in [4.78, 5) is 37.0. The molecule has 0 aliphatic heterocycles. The third-order valence-electron chi connectivity index (χ3n) is 6.96. The minimum atomic E-state index is -1.00. The Bertz CT molecular complexity index is 1900. The Morgan fingerprint density at radius 3 is 1.17 bits per heavy atom. The number of carboxylic acid groups (broad SMARTS) is 2. The zero-order chi connectivity index (χ0) is 33.1. The van der Waals surface area contributed by atoms with Crippen LogP contribution in [0.15, 0.2) is 60.7 Å². The van der Waals surface area contributed by atoms with Crippen LogP contribution in [-0.2, 0) is 0 Å². The van der Waals surface area contributed by atoms with E-state index in [4.69, 9.17) is 29.2 Å². The number of aromatic amines is 2. The van der Waals surface area contributed by atoms with E-state index in [0.717, 1.165) is 0 Å². The average molecular weight is 629 g/mol. The first-order chi connectivity index (χ1) is 22.1. The number of H-pyrrole nitrogens is 2. The lowest BCUT2D eigenvalue weighted by Crippen LogP contribution is -1.94. The highest BCUT2D eigenvalue weighted by atomic mass is 16.5. The minimum absolute atomic E-state index is 0.0944. The first-order valence-corrected chi connectivity index (χ1v) is 13.4. The maximum absolute atomic E-state index is 11.0. The molecule has 2 heterocycles. The largest absolute Gasteiger partial charge is 0.502 e. The van der Waals surface area contributed by atoms with Crippen molar-refractivity contribution in [2.45, 2.75) is 0 Å². The minimum Gasteiger partial charge on any atom is -0.502 e. The van der Waals surface area contributed by atoms with Crippen molar-refractivity contribution in [1.29, 1.82) is 0 Å². The number of rotatable bonds is 8. The van der Waals surface area contributed by atoms with E-state index in [1.165, 1.54) is 52.7 Å². The quantitative estimate of drug-likeness (QED) is 0.127. The van der Waals surface area contributed by atoms with E-state index in [1.54, 1.807) is 36.4 Å². The molecule has 14 nitrogen and oxygen atoms in total. The summed E-state index contributed by atoms with van der Waals surface area (Å²) in [5.74, 6) is -0.148. The van der Waals surface area contributed by atoms with Gasteiger partial charge in [-0.1, -0.05) is 0 Å². The number of phenolic OH excluding ortho intramolecular Hbond substituents is 2. The molecule has 0 fully saturated rings. The van der Waals surface area contributed by atoms with E-state index in [9.17, 15) is 19.8 Å². The van der Waals surface area contributed by atoms with Crippen LogP contribution in [0.2, 0.25) is 0 Å². The molecule has 0 atom stereocenters.